The SMILES string of the molecule is COCCCOc1cc2c(cc1OC)C=NC1C2COC1(C)C. The van der Waals surface area contributed by atoms with Crippen molar-refractivity contribution in [1.82, 2.24) is 0 Å². The van der Waals surface area contributed by atoms with Crippen LogP contribution in [0.5, 0.6) is 11.5 Å². The molecule has 0 spiro atoms. The quantitative estimate of drug-likeness (QED) is 0.757. The lowest BCUT2D eigenvalue weighted by atomic mass is 9.82. The van der Waals surface area contributed by atoms with E-state index in [-0.39, 0.29) is 17.6 Å². The van der Waals surface area contributed by atoms with Crippen molar-refractivity contribution in [1.29, 1.82) is 0 Å². The zero-order valence-corrected chi connectivity index (χ0v) is 14.3. The number of fused-ring (bicyclic) bond motifs is 3. The number of rotatable bonds is 6. The predicted octanol–water partition coefficient (Wildman–Crippen LogP) is 2.80. The van der Waals surface area contributed by atoms with Gasteiger partial charge in [0, 0.05) is 32.3 Å². The molecule has 5 heteroatoms. The van der Waals surface area contributed by atoms with E-state index in [0.717, 1.165) is 23.5 Å². The molecule has 126 valence electrons. The molecule has 23 heavy (non-hydrogen) atoms. The van der Waals surface area contributed by atoms with Crippen LogP contribution in [0, 0.1) is 0 Å². The van der Waals surface area contributed by atoms with Gasteiger partial charge in [0.1, 0.15) is 0 Å². The van der Waals surface area contributed by atoms with Crippen molar-refractivity contribution in [3.63, 3.8) is 0 Å². The average Bonchev–Trinajstić information content (AvgIpc) is 2.86. The molecule has 1 fully saturated rings. The van der Waals surface area contributed by atoms with Gasteiger partial charge in [-0.25, -0.2) is 0 Å². The molecule has 2 unspecified atom stereocenters. The Morgan fingerprint density at radius 2 is 2.04 bits per heavy atom. The molecule has 5 nitrogen and oxygen atoms in total. The Morgan fingerprint density at radius 3 is 2.78 bits per heavy atom. The van der Waals surface area contributed by atoms with Crippen LogP contribution in [0.2, 0.25) is 0 Å². The van der Waals surface area contributed by atoms with Crippen LogP contribution in [-0.4, -0.2) is 51.9 Å². The fraction of sp³-hybridized carbons (Fsp3) is 0.611. The van der Waals surface area contributed by atoms with Crippen molar-refractivity contribution in [3.8, 4) is 11.5 Å². The van der Waals surface area contributed by atoms with Gasteiger partial charge in [-0.05, 0) is 37.1 Å². The molecule has 0 amide bonds. The highest BCUT2D eigenvalue weighted by atomic mass is 16.5. The van der Waals surface area contributed by atoms with Crippen LogP contribution in [0.4, 0.5) is 0 Å². The van der Waals surface area contributed by atoms with Gasteiger partial charge in [0.15, 0.2) is 11.5 Å². The lowest BCUT2D eigenvalue weighted by Gasteiger charge is -2.29. The summed E-state index contributed by atoms with van der Waals surface area (Å²) in [4.78, 5) is 4.71. The van der Waals surface area contributed by atoms with Gasteiger partial charge in [-0.2, -0.15) is 0 Å². The second kappa shape index (κ2) is 6.49. The lowest BCUT2D eigenvalue weighted by molar-refractivity contribution is 0.0286. The number of hydrogen-bond acceptors (Lipinski definition) is 5. The Labute approximate surface area is 137 Å². The summed E-state index contributed by atoms with van der Waals surface area (Å²) in [5.41, 5.74) is 2.10. The van der Waals surface area contributed by atoms with Crippen molar-refractivity contribution in [3.05, 3.63) is 23.3 Å². The summed E-state index contributed by atoms with van der Waals surface area (Å²) < 4.78 is 22.4. The Balaban J connectivity index is 1.87. The van der Waals surface area contributed by atoms with Gasteiger partial charge in [0.25, 0.3) is 0 Å². The first-order chi connectivity index (χ1) is 11.1. The van der Waals surface area contributed by atoms with Crippen LogP contribution >= 0.6 is 0 Å². The van der Waals surface area contributed by atoms with E-state index in [1.807, 2.05) is 12.3 Å². The molecular weight excluding hydrogens is 294 g/mol. The minimum absolute atomic E-state index is 0.157. The van der Waals surface area contributed by atoms with Gasteiger partial charge >= 0.3 is 0 Å². The van der Waals surface area contributed by atoms with E-state index in [1.54, 1.807) is 14.2 Å². The normalized spacial score (nSPS) is 24.2. The van der Waals surface area contributed by atoms with Crippen molar-refractivity contribution >= 4 is 6.21 Å². The van der Waals surface area contributed by atoms with E-state index in [4.69, 9.17) is 23.9 Å². The molecule has 1 aromatic carbocycles. The third kappa shape index (κ3) is 3.08. The van der Waals surface area contributed by atoms with Crippen LogP contribution in [0.25, 0.3) is 0 Å². The summed E-state index contributed by atoms with van der Waals surface area (Å²) in [5, 5.41) is 0. The monoisotopic (exact) mass is 319 g/mol. The average molecular weight is 319 g/mol. The molecule has 0 N–H and O–H groups in total. The fourth-order valence-electron chi connectivity index (χ4n) is 3.35. The van der Waals surface area contributed by atoms with E-state index in [1.165, 1.54) is 5.56 Å². The Morgan fingerprint density at radius 1 is 1.22 bits per heavy atom. The molecule has 2 heterocycles. The third-order valence-corrected chi connectivity index (χ3v) is 4.62. The highest BCUT2D eigenvalue weighted by Gasteiger charge is 2.46. The van der Waals surface area contributed by atoms with E-state index in [0.29, 0.717) is 19.8 Å². The van der Waals surface area contributed by atoms with Crippen LogP contribution < -0.4 is 9.47 Å². The molecule has 2 atom stereocenters. The number of ether oxygens (including phenoxy) is 4. The first kappa shape index (κ1) is 16.3. The van der Waals surface area contributed by atoms with E-state index in [2.05, 4.69) is 19.9 Å². The van der Waals surface area contributed by atoms with Crippen molar-refractivity contribution in [2.24, 2.45) is 4.99 Å². The minimum Gasteiger partial charge on any atom is -0.493 e. The second-order valence-electron chi connectivity index (χ2n) is 6.57. The second-order valence-corrected chi connectivity index (χ2v) is 6.57. The van der Waals surface area contributed by atoms with Crippen LogP contribution in [0.1, 0.15) is 37.3 Å². The zero-order valence-electron chi connectivity index (χ0n) is 14.3. The first-order valence-electron chi connectivity index (χ1n) is 8.07. The summed E-state index contributed by atoms with van der Waals surface area (Å²) >= 11 is 0. The molecule has 0 saturated carbocycles. The smallest absolute Gasteiger partial charge is 0.161 e. The van der Waals surface area contributed by atoms with Gasteiger partial charge < -0.3 is 18.9 Å². The Bertz CT molecular complexity index is 597. The van der Waals surface area contributed by atoms with E-state index in [9.17, 15) is 0 Å². The maximum atomic E-state index is 5.95. The molecule has 0 aromatic heterocycles. The van der Waals surface area contributed by atoms with E-state index >= 15 is 0 Å². The maximum Gasteiger partial charge on any atom is 0.161 e. The fourth-order valence-corrected chi connectivity index (χ4v) is 3.35. The van der Waals surface area contributed by atoms with Gasteiger partial charge in [0.2, 0.25) is 0 Å². The van der Waals surface area contributed by atoms with Gasteiger partial charge in [-0.15, -0.1) is 0 Å². The summed E-state index contributed by atoms with van der Waals surface area (Å²) in [6, 6.07) is 4.25. The number of benzene rings is 1. The molecule has 0 bridgehead atoms. The molecule has 0 aliphatic carbocycles. The largest absolute Gasteiger partial charge is 0.493 e. The molecule has 0 radical (unpaired) electrons. The van der Waals surface area contributed by atoms with Gasteiger partial charge in [0.05, 0.1) is 32.0 Å². The molecular formula is C18H25NO4. The van der Waals surface area contributed by atoms with Crippen molar-refractivity contribution in [2.45, 2.75) is 37.8 Å². The molecule has 1 saturated heterocycles. The van der Waals surface area contributed by atoms with Crippen LogP contribution in [0.15, 0.2) is 17.1 Å². The zero-order chi connectivity index (χ0) is 16.4. The summed E-state index contributed by atoms with van der Waals surface area (Å²) in [7, 11) is 3.36. The van der Waals surface area contributed by atoms with Gasteiger partial charge in [-0.3, -0.25) is 4.99 Å². The number of nitrogens with zero attached hydrogens (tertiary/aromatic N) is 1. The van der Waals surface area contributed by atoms with E-state index < -0.39 is 0 Å². The highest BCUT2D eigenvalue weighted by molar-refractivity contribution is 5.85. The Hall–Kier alpha value is -1.59. The highest BCUT2D eigenvalue weighted by Crippen LogP contribution is 2.44. The minimum atomic E-state index is -0.224. The number of hydrogen-bond donors (Lipinski definition) is 0. The summed E-state index contributed by atoms with van der Waals surface area (Å²) in [6.45, 7) is 6.19. The lowest BCUT2D eigenvalue weighted by Crippen LogP contribution is -2.35. The Kier molecular flexibility index (Phi) is 4.60. The molecule has 3 rings (SSSR count). The summed E-state index contributed by atoms with van der Waals surface area (Å²) in [6.07, 6.45) is 2.78. The van der Waals surface area contributed by atoms with Crippen molar-refractivity contribution in [2.75, 3.05) is 34.0 Å². The predicted molar refractivity (Wildman–Crippen MR) is 89.1 cm³/mol. The topological polar surface area (TPSA) is 49.3 Å². The first-order valence-corrected chi connectivity index (χ1v) is 8.07. The summed E-state index contributed by atoms with van der Waals surface area (Å²) in [5.74, 6) is 1.79. The van der Waals surface area contributed by atoms with Gasteiger partial charge in [-0.1, -0.05) is 0 Å². The third-order valence-electron chi connectivity index (χ3n) is 4.62. The van der Waals surface area contributed by atoms with Crippen LogP contribution in [-0.2, 0) is 9.47 Å². The maximum absolute atomic E-state index is 5.95. The number of aliphatic imine (C=N–C) groups is 1. The standard InChI is InChI=1S/C18H25NO4/c1-18(2)17-14(11-23-18)13-9-16(22-7-5-6-20-3)15(21-4)8-12(13)10-19-17/h8-10,14,17H,5-7,11H2,1-4H3. The molecule has 2 aliphatic rings. The molecule has 2 aliphatic heterocycles. The number of methoxy groups -OCH3 is 2. The van der Waals surface area contributed by atoms with Crippen molar-refractivity contribution < 1.29 is 18.9 Å². The van der Waals surface area contributed by atoms with Crippen LogP contribution in [0.3, 0.4) is 0 Å². The molecule has 1 aromatic rings.